The van der Waals surface area contributed by atoms with Gasteiger partial charge in [0.25, 0.3) is 0 Å². The second kappa shape index (κ2) is 9.15. The summed E-state index contributed by atoms with van der Waals surface area (Å²) in [6.07, 6.45) is 0. The fourth-order valence-corrected chi connectivity index (χ4v) is 2.27. The summed E-state index contributed by atoms with van der Waals surface area (Å²) in [4.78, 5) is 11.7. The van der Waals surface area contributed by atoms with Crippen LogP contribution in [0.3, 0.4) is 0 Å². The van der Waals surface area contributed by atoms with Gasteiger partial charge in [0, 0.05) is 6.54 Å². The van der Waals surface area contributed by atoms with E-state index in [0.717, 1.165) is 11.1 Å². The molecule has 0 aromatic heterocycles. The third-order valence-corrected chi connectivity index (χ3v) is 3.74. The third kappa shape index (κ3) is 5.44. The van der Waals surface area contributed by atoms with Gasteiger partial charge >= 0.3 is 6.03 Å². The first-order valence-electron chi connectivity index (χ1n) is 7.69. The van der Waals surface area contributed by atoms with Gasteiger partial charge in [-0.2, -0.15) is 0 Å². The first kappa shape index (κ1) is 18.1. The third-order valence-electron chi connectivity index (χ3n) is 3.43. The zero-order valence-electron chi connectivity index (χ0n) is 13.5. The molecule has 0 spiro atoms. The van der Waals surface area contributed by atoms with Crippen LogP contribution in [0.4, 0.5) is 4.79 Å². The van der Waals surface area contributed by atoms with E-state index in [1.165, 1.54) is 0 Å². The highest BCUT2D eigenvalue weighted by molar-refractivity contribution is 6.32. The molecule has 2 rings (SSSR count). The van der Waals surface area contributed by atoms with E-state index in [1.54, 1.807) is 13.0 Å². The number of amides is 2. The normalized spacial score (nSPS) is 11.6. The molecule has 0 radical (unpaired) electrons. The number of para-hydroxylation sites is 1. The number of ether oxygens (including phenoxy) is 1. The largest absolute Gasteiger partial charge is 0.487 e. The van der Waals surface area contributed by atoms with Crippen LogP contribution in [0.5, 0.6) is 5.75 Å². The van der Waals surface area contributed by atoms with Gasteiger partial charge in [0.1, 0.15) is 12.4 Å². The molecular weight excluding hydrogens is 328 g/mol. The number of aliphatic hydroxyl groups excluding tert-OH is 1. The molecule has 2 aromatic carbocycles. The molecule has 128 valence electrons. The van der Waals surface area contributed by atoms with E-state index in [9.17, 15) is 4.79 Å². The highest BCUT2D eigenvalue weighted by Crippen LogP contribution is 2.24. The zero-order chi connectivity index (χ0) is 17.4. The van der Waals surface area contributed by atoms with Gasteiger partial charge in [-0.3, -0.25) is 0 Å². The second-order valence-corrected chi connectivity index (χ2v) is 5.81. The molecule has 0 bridgehead atoms. The Labute approximate surface area is 146 Å². The predicted octanol–water partition coefficient (Wildman–Crippen LogP) is 3.10. The van der Waals surface area contributed by atoms with Crippen molar-refractivity contribution in [1.29, 1.82) is 0 Å². The van der Waals surface area contributed by atoms with Gasteiger partial charge in [-0.05, 0) is 30.2 Å². The average Bonchev–Trinajstić information content (AvgIpc) is 2.60. The van der Waals surface area contributed by atoms with Gasteiger partial charge in [-0.1, -0.05) is 48.0 Å². The molecule has 0 aliphatic heterocycles. The Morgan fingerprint density at radius 1 is 1.17 bits per heavy atom. The van der Waals surface area contributed by atoms with Crippen LogP contribution in [0.15, 0.2) is 48.5 Å². The summed E-state index contributed by atoms with van der Waals surface area (Å²) < 4.78 is 5.76. The minimum atomic E-state index is -0.321. The van der Waals surface area contributed by atoms with Gasteiger partial charge < -0.3 is 20.5 Å². The Hall–Kier alpha value is -2.24. The van der Waals surface area contributed by atoms with Crippen LogP contribution in [0, 0.1) is 0 Å². The average molecular weight is 349 g/mol. The van der Waals surface area contributed by atoms with Crippen LogP contribution in [0.2, 0.25) is 5.02 Å². The lowest BCUT2D eigenvalue weighted by molar-refractivity contribution is 0.220. The van der Waals surface area contributed by atoms with Crippen LogP contribution in [0.1, 0.15) is 18.1 Å². The fourth-order valence-electron chi connectivity index (χ4n) is 2.08. The number of urea groups is 1. The summed E-state index contributed by atoms with van der Waals surface area (Å²) in [7, 11) is 0. The quantitative estimate of drug-likeness (QED) is 0.720. The van der Waals surface area contributed by atoms with Gasteiger partial charge in [0.05, 0.1) is 17.7 Å². The van der Waals surface area contributed by atoms with Crippen molar-refractivity contribution >= 4 is 17.6 Å². The molecule has 3 N–H and O–H groups in total. The van der Waals surface area contributed by atoms with Crippen molar-refractivity contribution in [2.75, 3.05) is 6.61 Å². The maximum atomic E-state index is 11.7. The van der Waals surface area contributed by atoms with Crippen LogP contribution in [-0.2, 0) is 13.2 Å². The molecule has 0 heterocycles. The van der Waals surface area contributed by atoms with E-state index in [2.05, 4.69) is 10.6 Å². The molecule has 2 amide bonds. The number of nitrogens with one attached hydrogen (secondary N) is 2. The lowest BCUT2D eigenvalue weighted by atomic mass is 10.1. The summed E-state index contributed by atoms with van der Waals surface area (Å²) in [5, 5.41) is 14.9. The molecule has 0 aliphatic rings. The maximum absolute atomic E-state index is 11.7. The Bertz CT molecular complexity index is 679. The Balaban J connectivity index is 1.95. The van der Waals surface area contributed by atoms with Crippen molar-refractivity contribution in [3.63, 3.8) is 0 Å². The van der Waals surface area contributed by atoms with Crippen molar-refractivity contribution in [2.24, 2.45) is 0 Å². The van der Waals surface area contributed by atoms with Crippen molar-refractivity contribution in [1.82, 2.24) is 10.6 Å². The number of rotatable bonds is 7. The van der Waals surface area contributed by atoms with Gasteiger partial charge in [0.2, 0.25) is 0 Å². The molecule has 5 nitrogen and oxygen atoms in total. The summed E-state index contributed by atoms with van der Waals surface area (Å²) in [5.41, 5.74) is 1.92. The number of hydrogen-bond acceptors (Lipinski definition) is 3. The number of hydrogen-bond donors (Lipinski definition) is 3. The standard InChI is InChI=1S/C18H21ClN2O3/c1-13(11-22)21-18(23)20-10-14-6-2-3-7-15(14)12-24-17-9-5-4-8-16(17)19/h2-9,13,22H,10-12H2,1H3,(H2,20,21,23). The predicted molar refractivity (Wildman–Crippen MR) is 94.1 cm³/mol. The fraction of sp³-hybridized carbons (Fsp3) is 0.278. The number of carbonyl (C=O) groups excluding carboxylic acids is 1. The van der Waals surface area contributed by atoms with E-state index >= 15 is 0 Å². The molecule has 0 saturated carbocycles. The lowest BCUT2D eigenvalue weighted by Gasteiger charge is -2.14. The van der Waals surface area contributed by atoms with E-state index in [-0.39, 0.29) is 18.7 Å². The molecule has 0 fully saturated rings. The molecule has 0 saturated heterocycles. The molecular formula is C18H21ClN2O3. The maximum Gasteiger partial charge on any atom is 0.315 e. The van der Waals surface area contributed by atoms with Crippen molar-refractivity contribution in [2.45, 2.75) is 26.1 Å². The Morgan fingerprint density at radius 3 is 2.54 bits per heavy atom. The molecule has 24 heavy (non-hydrogen) atoms. The minimum absolute atomic E-state index is 0.102. The molecule has 1 unspecified atom stereocenters. The van der Waals surface area contributed by atoms with Crippen LogP contribution >= 0.6 is 11.6 Å². The van der Waals surface area contributed by atoms with Crippen molar-refractivity contribution in [3.05, 3.63) is 64.7 Å². The summed E-state index contributed by atoms with van der Waals surface area (Å²) >= 11 is 6.08. The summed E-state index contributed by atoms with van der Waals surface area (Å²) in [6.45, 7) is 2.35. The van der Waals surface area contributed by atoms with Crippen molar-refractivity contribution in [3.8, 4) is 5.75 Å². The van der Waals surface area contributed by atoms with E-state index in [0.29, 0.717) is 23.9 Å². The molecule has 2 aromatic rings. The monoisotopic (exact) mass is 348 g/mol. The molecule has 6 heteroatoms. The van der Waals surface area contributed by atoms with Crippen LogP contribution in [0.25, 0.3) is 0 Å². The van der Waals surface area contributed by atoms with E-state index in [1.807, 2.05) is 42.5 Å². The van der Waals surface area contributed by atoms with Crippen LogP contribution < -0.4 is 15.4 Å². The van der Waals surface area contributed by atoms with E-state index in [4.69, 9.17) is 21.4 Å². The first-order chi connectivity index (χ1) is 11.6. The highest BCUT2D eigenvalue weighted by atomic mass is 35.5. The molecule has 1 atom stereocenters. The first-order valence-corrected chi connectivity index (χ1v) is 8.07. The minimum Gasteiger partial charge on any atom is -0.487 e. The van der Waals surface area contributed by atoms with Gasteiger partial charge in [-0.25, -0.2) is 4.79 Å². The SMILES string of the molecule is CC(CO)NC(=O)NCc1ccccc1COc1ccccc1Cl. The van der Waals surface area contributed by atoms with Gasteiger partial charge in [-0.15, -0.1) is 0 Å². The lowest BCUT2D eigenvalue weighted by Crippen LogP contribution is -2.42. The zero-order valence-corrected chi connectivity index (χ0v) is 14.2. The Kier molecular flexibility index (Phi) is 6.90. The number of halogens is 1. The number of carbonyl (C=O) groups is 1. The van der Waals surface area contributed by atoms with Gasteiger partial charge in [0.15, 0.2) is 0 Å². The smallest absolute Gasteiger partial charge is 0.315 e. The topological polar surface area (TPSA) is 70.6 Å². The number of benzene rings is 2. The summed E-state index contributed by atoms with van der Waals surface area (Å²) in [5.74, 6) is 0.622. The summed E-state index contributed by atoms with van der Waals surface area (Å²) in [6, 6.07) is 14.4. The van der Waals surface area contributed by atoms with Crippen molar-refractivity contribution < 1.29 is 14.6 Å². The molecule has 0 aliphatic carbocycles. The van der Waals surface area contributed by atoms with E-state index < -0.39 is 0 Å². The van der Waals surface area contributed by atoms with Crippen LogP contribution in [-0.4, -0.2) is 23.8 Å². The second-order valence-electron chi connectivity index (χ2n) is 5.40. The Morgan fingerprint density at radius 2 is 1.83 bits per heavy atom. The highest BCUT2D eigenvalue weighted by Gasteiger charge is 2.08. The number of aliphatic hydroxyl groups is 1.